The van der Waals surface area contributed by atoms with Crippen molar-refractivity contribution >= 4 is 0 Å². The van der Waals surface area contributed by atoms with Crippen LogP contribution in [0.25, 0.3) is 0 Å². The van der Waals surface area contributed by atoms with E-state index in [1.807, 2.05) is 0 Å². The van der Waals surface area contributed by atoms with Crippen molar-refractivity contribution in [3.05, 3.63) is 0 Å². The average molecular weight is 158 g/mol. The van der Waals surface area contributed by atoms with E-state index >= 15 is 0 Å². The average Bonchev–Trinajstić information content (AvgIpc) is 1.97. The molecule has 2 heteroatoms. The molecule has 0 bridgehead atoms. The van der Waals surface area contributed by atoms with Gasteiger partial charge >= 0.3 is 0 Å². The molecular weight excluding hydrogens is 136 g/mol. The van der Waals surface area contributed by atoms with Gasteiger partial charge in [-0.05, 0) is 32.4 Å². The molecule has 0 aromatic carbocycles. The lowest BCUT2D eigenvalue weighted by atomic mass is 10.1. The summed E-state index contributed by atoms with van der Waals surface area (Å²) in [7, 11) is 0. The number of hydrogen-bond acceptors (Lipinski definition) is 2. The number of rotatable bonds is 6. The van der Waals surface area contributed by atoms with Gasteiger partial charge in [0.15, 0.2) is 0 Å². The molecule has 0 aliphatic heterocycles. The van der Waals surface area contributed by atoms with Crippen molar-refractivity contribution in [2.24, 2.45) is 11.7 Å². The molecule has 11 heavy (non-hydrogen) atoms. The van der Waals surface area contributed by atoms with Gasteiger partial charge in [0.2, 0.25) is 0 Å². The first-order chi connectivity index (χ1) is 5.18. The maximum Gasteiger partial charge on any atom is 0.00482 e. The van der Waals surface area contributed by atoms with Crippen LogP contribution < -0.4 is 11.1 Å². The van der Waals surface area contributed by atoms with Crippen molar-refractivity contribution in [1.29, 1.82) is 0 Å². The lowest BCUT2D eigenvalue weighted by Crippen LogP contribution is -2.33. The van der Waals surface area contributed by atoms with Crippen molar-refractivity contribution < 1.29 is 0 Å². The molecule has 0 fully saturated rings. The molecule has 0 saturated carbocycles. The van der Waals surface area contributed by atoms with E-state index in [9.17, 15) is 0 Å². The summed E-state index contributed by atoms with van der Waals surface area (Å²) >= 11 is 0. The van der Waals surface area contributed by atoms with E-state index in [0.717, 1.165) is 13.1 Å². The predicted octanol–water partition coefficient (Wildman–Crippen LogP) is 1.36. The van der Waals surface area contributed by atoms with Crippen LogP contribution in [-0.4, -0.2) is 19.1 Å². The molecule has 0 spiro atoms. The smallest absolute Gasteiger partial charge is 0.00482 e. The van der Waals surface area contributed by atoms with Gasteiger partial charge < -0.3 is 11.1 Å². The second kappa shape index (κ2) is 6.62. The van der Waals surface area contributed by atoms with Crippen LogP contribution in [0.1, 0.15) is 33.6 Å². The zero-order valence-electron chi connectivity index (χ0n) is 8.06. The number of nitrogens with two attached hydrogens (primary N) is 1. The molecule has 2 unspecified atom stereocenters. The van der Waals surface area contributed by atoms with Crippen LogP contribution in [0.4, 0.5) is 0 Å². The van der Waals surface area contributed by atoms with Crippen LogP contribution in [0.15, 0.2) is 0 Å². The second-order valence-electron chi connectivity index (χ2n) is 3.39. The Balaban J connectivity index is 3.10. The Morgan fingerprint density at radius 2 is 2.00 bits per heavy atom. The first kappa shape index (κ1) is 10.9. The van der Waals surface area contributed by atoms with E-state index in [2.05, 4.69) is 26.1 Å². The second-order valence-corrected chi connectivity index (χ2v) is 3.39. The molecule has 2 nitrogen and oxygen atoms in total. The Morgan fingerprint density at radius 1 is 1.36 bits per heavy atom. The molecule has 0 aromatic rings. The van der Waals surface area contributed by atoms with E-state index < -0.39 is 0 Å². The summed E-state index contributed by atoms with van der Waals surface area (Å²) in [5, 5.41) is 3.39. The maximum absolute atomic E-state index is 5.71. The van der Waals surface area contributed by atoms with Crippen molar-refractivity contribution in [2.75, 3.05) is 13.1 Å². The number of unbranched alkanes of at least 4 members (excludes halogenated alkanes) is 1. The Hall–Kier alpha value is -0.0800. The molecule has 0 rings (SSSR count). The van der Waals surface area contributed by atoms with Gasteiger partial charge in [0.1, 0.15) is 0 Å². The fourth-order valence-corrected chi connectivity index (χ4v) is 0.817. The van der Waals surface area contributed by atoms with Crippen molar-refractivity contribution in [1.82, 2.24) is 5.32 Å². The zero-order valence-corrected chi connectivity index (χ0v) is 8.06. The molecule has 0 saturated heterocycles. The highest BCUT2D eigenvalue weighted by molar-refractivity contribution is 4.65. The minimum absolute atomic E-state index is 0.309. The third-order valence-corrected chi connectivity index (χ3v) is 2.07. The third kappa shape index (κ3) is 6.32. The summed E-state index contributed by atoms with van der Waals surface area (Å²) in [4.78, 5) is 0. The Kier molecular flexibility index (Phi) is 6.57. The molecule has 0 aliphatic rings. The van der Waals surface area contributed by atoms with Crippen LogP contribution in [0, 0.1) is 5.92 Å². The monoisotopic (exact) mass is 158 g/mol. The van der Waals surface area contributed by atoms with Crippen LogP contribution in [-0.2, 0) is 0 Å². The van der Waals surface area contributed by atoms with Crippen LogP contribution in [0.3, 0.4) is 0 Å². The fraction of sp³-hybridized carbons (Fsp3) is 1.00. The predicted molar refractivity (Wildman–Crippen MR) is 50.6 cm³/mol. The largest absolute Gasteiger partial charge is 0.328 e. The SMILES string of the molecule is CCCCNCC(C)C(C)N. The molecule has 0 aromatic heterocycles. The highest BCUT2D eigenvalue weighted by Crippen LogP contribution is 1.96. The molecule has 0 amide bonds. The van der Waals surface area contributed by atoms with Gasteiger partial charge in [0.05, 0.1) is 0 Å². The minimum Gasteiger partial charge on any atom is -0.328 e. The van der Waals surface area contributed by atoms with E-state index in [0.29, 0.717) is 12.0 Å². The fourth-order valence-electron chi connectivity index (χ4n) is 0.817. The summed E-state index contributed by atoms with van der Waals surface area (Å²) in [6.07, 6.45) is 2.53. The lowest BCUT2D eigenvalue weighted by Gasteiger charge is -2.15. The number of hydrogen-bond donors (Lipinski definition) is 2. The highest BCUT2D eigenvalue weighted by Gasteiger charge is 2.05. The molecule has 0 radical (unpaired) electrons. The normalized spacial score (nSPS) is 16.4. The first-order valence-electron chi connectivity index (χ1n) is 4.64. The summed E-state index contributed by atoms with van der Waals surface area (Å²) in [5.41, 5.74) is 5.71. The van der Waals surface area contributed by atoms with Crippen LogP contribution >= 0.6 is 0 Å². The van der Waals surface area contributed by atoms with Crippen molar-refractivity contribution in [2.45, 2.75) is 39.7 Å². The lowest BCUT2D eigenvalue weighted by molar-refractivity contribution is 0.443. The molecule has 68 valence electrons. The minimum atomic E-state index is 0.309. The summed E-state index contributed by atoms with van der Waals surface area (Å²) in [5.74, 6) is 0.590. The summed E-state index contributed by atoms with van der Waals surface area (Å²) in [6.45, 7) is 8.64. The summed E-state index contributed by atoms with van der Waals surface area (Å²) in [6, 6.07) is 0.309. The Bertz CT molecular complexity index is 81.6. The number of nitrogens with one attached hydrogen (secondary N) is 1. The van der Waals surface area contributed by atoms with Gasteiger partial charge in [-0.25, -0.2) is 0 Å². The molecule has 0 aliphatic carbocycles. The van der Waals surface area contributed by atoms with Crippen molar-refractivity contribution in [3.63, 3.8) is 0 Å². The van der Waals surface area contributed by atoms with Crippen molar-refractivity contribution in [3.8, 4) is 0 Å². The van der Waals surface area contributed by atoms with Crippen LogP contribution in [0.5, 0.6) is 0 Å². The highest BCUT2D eigenvalue weighted by atomic mass is 14.9. The Labute approximate surface area is 70.5 Å². The maximum atomic E-state index is 5.71. The standard InChI is InChI=1S/C9H22N2/c1-4-5-6-11-7-8(2)9(3)10/h8-9,11H,4-7,10H2,1-3H3. The molecule has 3 N–H and O–H groups in total. The van der Waals surface area contributed by atoms with Gasteiger partial charge in [0, 0.05) is 6.04 Å². The van der Waals surface area contributed by atoms with Gasteiger partial charge in [-0.2, -0.15) is 0 Å². The van der Waals surface area contributed by atoms with Gasteiger partial charge in [-0.15, -0.1) is 0 Å². The molecule has 2 atom stereocenters. The van der Waals surface area contributed by atoms with E-state index in [1.54, 1.807) is 0 Å². The van der Waals surface area contributed by atoms with E-state index in [4.69, 9.17) is 5.73 Å². The van der Waals surface area contributed by atoms with Gasteiger partial charge in [-0.1, -0.05) is 20.3 Å². The summed E-state index contributed by atoms with van der Waals surface area (Å²) < 4.78 is 0. The zero-order chi connectivity index (χ0) is 8.69. The van der Waals surface area contributed by atoms with E-state index in [1.165, 1.54) is 12.8 Å². The Morgan fingerprint density at radius 3 is 2.45 bits per heavy atom. The first-order valence-corrected chi connectivity index (χ1v) is 4.64. The quantitative estimate of drug-likeness (QED) is 0.573. The third-order valence-electron chi connectivity index (χ3n) is 2.07. The van der Waals surface area contributed by atoms with Crippen LogP contribution in [0.2, 0.25) is 0 Å². The topological polar surface area (TPSA) is 38.0 Å². The van der Waals surface area contributed by atoms with Gasteiger partial charge in [-0.3, -0.25) is 0 Å². The molecular formula is C9H22N2. The molecule has 0 heterocycles. The van der Waals surface area contributed by atoms with Gasteiger partial charge in [0.25, 0.3) is 0 Å². The van der Waals surface area contributed by atoms with E-state index in [-0.39, 0.29) is 0 Å².